The van der Waals surface area contributed by atoms with Gasteiger partial charge in [-0.05, 0) is 47.3 Å². The standard InChI is InChI=1S/C14H18BrN3O2/c1-3-11(16)7-10-5-4-6-12(15)14(10)19-8-13-17-9(2)18-20-13/h4-6,11H,3,7-8,16H2,1-2H3. The zero-order valence-corrected chi connectivity index (χ0v) is 13.2. The average molecular weight is 340 g/mol. The van der Waals surface area contributed by atoms with Gasteiger partial charge in [0.05, 0.1) is 4.47 Å². The second-order valence-corrected chi connectivity index (χ2v) is 5.48. The van der Waals surface area contributed by atoms with Crippen LogP contribution in [-0.4, -0.2) is 16.2 Å². The van der Waals surface area contributed by atoms with Crippen LogP contribution in [-0.2, 0) is 13.0 Å². The van der Waals surface area contributed by atoms with Gasteiger partial charge in [-0.3, -0.25) is 0 Å². The molecule has 2 rings (SSSR count). The molecule has 1 aromatic heterocycles. The smallest absolute Gasteiger partial charge is 0.264 e. The van der Waals surface area contributed by atoms with Gasteiger partial charge in [0.2, 0.25) is 0 Å². The Morgan fingerprint density at radius 3 is 2.90 bits per heavy atom. The van der Waals surface area contributed by atoms with Gasteiger partial charge in [-0.25, -0.2) is 0 Å². The van der Waals surface area contributed by atoms with E-state index in [2.05, 4.69) is 33.0 Å². The van der Waals surface area contributed by atoms with Crippen LogP contribution < -0.4 is 10.5 Å². The van der Waals surface area contributed by atoms with E-state index in [-0.39, 0.29) is 12.6 Å². The summed E-state index contributed by atoms with van der Waals surface area (Å²) in [6, 6.07) is 6.06. The van der Waals surface area contributed by atoms with Gasteiger partial charge in [0.1, 0.15) is 5.75 Å². The number of halogens is 1. The molecule has 0 saturated carbocycles. The number of ether oxygens (including phenoxy) is 1. The summed E-state index contributed by atoms with van der Waals surface area (Å²) in [6.45, 7) is 4.10. The SMILES string of the molecule is CCC(N)Cc1cccc(Br)c1OCc1nc(C)no1. The fourth-order valence-corrected chi connectivity index (χ4v) is 2.36. The minimum atomic E-state index is 0.122. The maximum Gasteiger partial charge on any atom is 0.264 e. The molecule has 108 valence electrons. The largest absolute Gasteiger partial charge is 0.482 e. The molecule has 0 saturated heterocycles. The molecule has 0 fully saturated rings. The van der Waals surface area contributed by atoms with Crippen molar-refractivity contribution in [2.45, 2.75) is 39.3 Å². The molecular formula is C14H18BrN3O2. The van der Waals surface area contributed by atoms with Crippen molar-refractivity contribution in [3.63, 3.8) is 0 Å². The van der Waals surface area contributed by atoms with Gasteiger partial charge < -0.3 is 15.0 Å². The summed E-state index contributed by atoms with van der Waals surface area (Å²) < 4.78 is 11.8. The normalized spacial score (nSPS) is 12.4. The molecule has 0 aliphatic carbocycles. The highest BCUT2D eigenvalue weighted by Gasteiger charge is 2.13. The van der Waals surface area contributed by atoms with Crippen LogP contribution in [0.3, 0.4) is 0 Å². The third-order valence-electron chi connectivity index (χ3n) is 2.96. The van der Waals surface area contributed by atoms with Gasteiger partial charge in [0.15, 0.2) is 12.4 Å². The summed E-state index contributed by atoms with van der Waals surface area (Å²) >= 11 is 3.51. The molecule has 0 aliphatic rings. The van der Waals surface area contributed by atoms with Crippen LogP contribution in [0.4, 0.5) is 0 Å². The van der Waals surface area contributed by atoms with Gasteiger partial charge in [-0.1, -0.05) is 24.2 Å². The van der Waals surface area contributed by atoms with Crippen LogP contribution in [0, 0.1) is 6.92 Å². The predicted molar refractivity (Wildman–Crippen MR) is 79.5 cm³/mol. The molecule has 6 heteroatoms. The van der Waals surface area contributed by atoms with Gasteiger partial charge in [-0.15, -0.1) is 0 Å². The number of aromatic nitrogens is 2. The van der Waals surface area contributed by atoms with E-state index in [1.807, 2.05) is 18.2 Å². The summed E-state index contributed by atoms with van der Waals surface area (Å²) in [6.07, 6.45) is 1.70. The number of hydrogen-bond acceptors (Lipinski definition) is 5. The number of rotatable bonds is 6. The Bertz CT molecular complexity index is 571. The van der Waals surface area contributed by atoms with E-state index < -0.39 is 0 Å². The zero-order chi connectivity index (χ0) is 14.5. The first-order valence-electron chi connectivity index (χ1n) is 6.55. The lowest BCUT2D eigenvalue weighted by atomic mass is 10.0. The number of aryl methyl sites for hydroxylation is 1. The van der Waals surface area contributed by atoms with Gasteiger partial charge in [-0.2, -0.15) is 4.98 Å². The van der Waals surface area contributed by atoms with E-state index in [4.69, 9.17) is 15.0 Å². The first kappa shape index (κ1) is 15.0. The number of hydrogen-bond donors (Lipinski definition) is 1. The first-order valence-corrected chi connectivity index (χ1v) is 7.34. The molecule has 2 N–H and O–H groups in total. The Balaban J connectivity index is 2.12. The van der Waals surface area contributed by atoms with Crippen LogP contribution in [0.15, 0.2) is 27.2 Å². The van der Waals surface area contributed by atoms with Crippen molar-refractivity contribution in [1.82, 2.24) is 10.1 Å². The highest BCUT2D eigenvalue weighted by molar-refractivity contribution is 9.10. The average Bonchev–Trinajstić information content (AvgIpc) is 2.83. The van der Waals surface area contributed by atoms with E-state index >= 15 is 0 Å². The van der Waals surface area contributed by atoms with Gasteiger partial charge in [0.25, 0.3) is 5.89 Å². The van der Waals surface area contributed by atoms with Gasteiger partial charge >= 0.3 is 0 Å². The third-order valence-corrected chi connectivity index (χ3v) is 3.59. The van der Waals surface area contributed by atoms with Gasteiger partial charge in [0, 0.05) is 6.04 Å². The molecule has 20 heavy (non-hydrogen) atoms. The maximum absolute atomic E-state index is 6.02. The maximum atomic E-state index is 6.02. The molecule has 0 amide bonds. The highest BCUT2D eigenvalue weighted by atomic mass is 79.9. The van der Waals surface area contributed by atoms with Crippen molar-refractivity contribution in [2.24, 2.45) is 5.73 Å². The summed E-state index contributed by atoms with van der Waals surface area (Å²) in [4.78, 5) is 4.12. The number of nitrogens with two attached hydrogens (primary N) is 1. The van der Waals surface area contributed by atoms with E-state index in [9.17, 15) is 0 Å². The molecule has 1 heterocycles. The van der Waals surface area contributed by atoms with Crippen LogP contribution in [0.1, 0.15) is 30.6 Å². The van der Waals surface area contributed by atoms with Crippen molar-refractivity contribution < 1.29 is 9.26 Å². The molecule has 1 atom stereocenters. The minimum Gasteiger partial charge on any atom is -0.482 e. The summed E-state index contributed by atoms with van der Waals surface area (Å²) in [5.41, 5.74) is 7.10. The Morgan fingerprint density at radius 2 is 2.25 bits per heavy atom. The van der Waals surface area contributed by atoms with Crippen LogP contribution in [0.25, 0.3) is 0 Å². The van der Waals surface area contributed by atoms with Crippen molar-refractivity contribution in [2.75, 3.05) is 0 Å². The second-order valence-electron chi connectivity index (χ2n) is 4.62. The van der Waals surface area contributed by atoms with E-state index in [1.54, 1.807) is 6.92 Å². The summed E-state index contributed by atoms with van der Waals surface area (Å²) in [5, 5.41) is 3.74. The Hall–Kier alpha value is -1.40. The predicted octanol–water partition coefficient (Wildman–Crippen LogP) is 3.00. The van der Waals surface area contributed by atoms with E-state index in [0.29, 0.717) is 11.7 Å². The zero-order valence-electron chi connectivity index (χ0n) is 11.6. The fourth-order valence-electron chi connectivity index (χ4n) is 1.84. The Labute approximate surface area is 126 Å². The van der Waals surface area contributed by atoms with E-state index in [1.165, 1.54) is 0 Å². The number of para-hydroxylation sites is 1. The molecule has 0 aliphatic heterocycles. The second kappa shape index (κ2) is 6.85. The monoisotopic (exact) mass is 339 g/mol. The lowest BCUT2D eigenvalue weighted by Crippen LogP contribution is -2.21. The van der Waals surface area contributed by atoms with Crippen LogP contribution in [0.5, 0.6) is 5.75 Å². The molecule has 5 nitrogen and oxygen atoms in total. The lowest BCUT2D eigenvalue weighted by Gasteiger charge is -2.15. The Kier molecular flexibility index (Phi) is 5.14. The van der Waals surface area contributed by atoms with Crippen molar-refractivity contribution >= 4 is 15.9 Å². The molecule has 2 aromatic rings. The molecule has 0 spiro atoms. The van der Waals surface area contributed by atoms with Crippen molar-refractivity contribution in [3.8, 4) is 5.75 Å². The number of benzene rings is 1. The van der Waals surface area contributed by atoms with Crippen LogP contribution >= 0.6 is 15.9 Å². The summed E-state index contributed by atoms with van der Waals surface area (Å²) in [7, 11) is 0. The molecular weight excluding hydrogens is 322 g/mol. The third kappa shape index (κ3) is 3.80. The fraction of sp³-hybridized carbons (Fsp3) is 0.429. The van der Waals surface area contributed by atoms with Crippen molar-refractivity contribution in [1.29, 1.82) is 0 Å². The topological polar surface area (TPSA) is 74.2 Å². The minimum absolute atomic E-state index is 0.122. The Morgan fingerprint density at radius 1 is 1.45 bits per heavy atom. The quantitative estimate of drug-likeness (QED) is 0.875. The first-order chi connectivity index (χ1) is 9.60. The molecule has 1 aromatic carbocycles. The van der Waals surface area contributed by atoms with E-state index in [0.717, 1.165) is 28.6 Å². The van der Waals surface area contributed by atoms with Crippen molar-refractivity contribution in [3.05, 3.63) is 40.0 Å². The highest BCUT2D eigenvalue weighted by Crippen LogP contribution is 2.30. The molecule has 0 radical (unpaired) electrons. The molecule has 0 bridgehead atoms. The number of nitrogens with zero attached hydrogens (tertiary/aromatic N) is 2. The molecule has 1 unspecified atom stereocenters. The van der Waals surface area contributed by atoms with Crippen LogP contribution in [0.2, 0.25) is 0 Å². The summed E-state index contributed by atoms with van der Waals surface area (Å²) in [5.74, 6) is 1.85. The lowest BCUT2D eigenvalue weighted by molar-refractivity contribution is 0.239.